The first kappa shape index (κ1) is 35.8. The van der Waals surface area contributed by atoms with E-state index < -0.39 is 33.7 Å². The third-order valence-electron chi connectivity index (χ3n) is 16.1. The van der Waals surface area contributed by atoms with Crippen molar-refractivity contribution in [1.82, 2.24) is 0 Å². The van der Waals surface area contributed by atoms with E-state index in [1.807, 2.05) is 0 Å². The zero-order valence-electron chi connectivity index (χ0n) is 32.0. The van der Waals surface area contributed by atoms with Crippen LogP contribution in [0.3, 0.4) is 0 Å². The van der Waals surface area contributed by atoms with Crippen molar-refractivity contribution in [2.45, 2.75) is 114 Å². The smallest absolute Gasteiger partial charge is 0.175 e. The monoisotopic (exact) mass is 730 g/mol. The molecule has 4 saturated carbocycles. The second-order valence-corrected chi connectivity index (χ2v) is 18.0. The quantitative estimate of drug-likeness (QED) is 0.258. The molecule has 0 saturated heterocycles. The van der Waals surface area contributed by atoms with E-state index in [4.69, 9.17) is 9.47 Å². The molecule has 3 aromatic carbocycles. The Morgan fingerprint density at radius 2 is 1.02 bits per heavy atom. The van der Waals surface area contributed by atoms with Crippen molar-refractivity contribution in [2.75, 3.05) is 14.2 Å². The highest BCUT2D eigenvalue weighted by molar-refractivity contribution is 5.48. The van der Waals surface area contributed by atoms with Gasteiger partial charge >= 0.3 is 0 Å². The second kappa shape index (κ2) is 12.9. The molecule has 0 aliphatic heterocycles. The predicted molar refractivity (Wildman–Crippen MR) is 205 cm³/mol. The van der Waals surface area contributed by atoms with Gasteiger partial charge in [-0.3, -0.25) is 0 Å². The van der Waals surface area contributed by atoms with Crippen LogP contribution in [0.4, 0.5) is 8.78 Å². The topological polar surface area (TPSA) is 58.9 Å². The number of hydrogen-bond acceptors (Lipinski definition) is 4. The van der Waals surface area contributed by atoms with Crippen LogP contribution in [0.5, 0.6) is 11.5 Å². The van der Waals surface area contributed by atoms with Gasteiger partial charge in [-0.25, -0.2) is 8.78 Å². The van der Waals surface area contributed by atoms with E-state index in [1.54, 1.807) is 14.2 Å². The van der Waals surface area contributed by atoms with Crippen molar-refractivity contribution in [2.24, 2.45) is 34.5 Å². The highest BCUT2D eigenvalue weighted by Gasteiger charge is 2.62. The van der Waals surface area contributed by atoms with Gasteiger partial charge in [-0.2, -0.15) is 0 Å². The maximum atomic E-state index is 15.7. The number of aryl methyl sites for hydroxylation is 2. The maximum absolute atomic E-state index is 15.7. The first-order chi connectivity index (χ1) is 25.9. The van der Waals surface area contributed by atoms with Crippen molar-refractivity contribution in [3.05, 3.63) is 93.5 Å². The molecule has 9 rings (SSSR count). The highest BCUT2D eigenvalue weighted by Crippen LogP contribution is 2.65. The molecule has 6 heteroatoms. The number of fused-ring (bicyclic) bond motifs is 10. The van der Waals surface area contributed by atoms with Crippen LogP contribution in [0.2, 0.25) is 0 Å². The molecular formula is C48H52F2O4. The van der Waals surface area contributed by atoms with Gasteiger partial charge in [0.15, 0.2) is 11.6 Å². The SMILES string of the molecule is COc1ccc2c(c1)CC[C@@H]1[C@@H]2CC[C@@]2(C)[C@H]1CC[C@@]2(O)C#Cc1ccc(C#C[C@]2(O)CC[C@H]3[C@@H]4CCc5cc(OC)ccc5[C@H]4CC[C@@]32C)c(F)c1F. The second-order valence-electron chi connectivity index (χ2n) is 18.0. The molecule has 0 unspecified atom stereocenters. The molecule has 0 bridgehead atoms. The fourth-order valence-corrected chi connectivity index (χ4v) is 12.9. The number of hydrogen-bond donors (Lipinski definition) is 2. The zero-order valence-corrected chi connectivity index (χ0v) is 32.0. The molecule has 0 aromatic heterocycles. The molecular weight excluding hydrogens is 679 g/mol. The summed E-state index contributed by atoms with van der Waals surface area (Å²) in [6.45, 7) is 4.31. The third-order valence-corrected chi connectivity index (χ3v) is 16.1. The largest absolute Gasteiger partial charge is 0.497 e. The molecule has 0 radical (unpaired) electrons. The van der Waals surface area contributed by atoms with E-state index in [-0.39, 0.29) is 11.1 Å². The Bertz CT molecular complexity index is 1990. The average Bonchev–Trinajstić information content (AvgIpc) is 3.62. The Balaban J connectivity index is 0.925. The van der Waals surface area contributed by atoms with Gasteiger partial charge in [0.2, 0.25) is 0 Å². The fourth-order valence-electron chi connectivity index (χ4n) is 12.9. The first-order valence-electron chi connectivity index (χ1n) is 20.2. The van der Waals surface area contributed by atoms with E-state index in [2.05, 4.69) is 73.9 Å². The number of methoxy groups -OCH3 is 2. The van der Waals surface area contributed by atoms with Gasteiger partial charge in [0.05, 0.1) is 25.3 Å². The van der Waals surface area contributed by atoms with Gasteiger partial charge in [-0.1, -0.05) is 49.7 Å². The van der Waals surface area contributed by atoms with Crippen LogP contribution >= 0.6 is 0 Å². The fraction of sp³-hybridized carbons (Fsp3) is 0.542. The minimum absolute atomic E-state index is 0.0760. The van der Waals surface area contributed by atoms with Crippen molar-refractivity contribution in [3.8, 4) is 35.2 Å². The highest BCUT2D eigenvalue weighted by atomic mass is 19.2. The van der Waals surface area contributed by atoms with Gasteiger partial charge < -0.3 is 19.7 Å². The summed E-state index contributed by atoms with van der Waals surface area (Å²) in [5.41, 5.74) is 1.99. The van der Waals surface area contributed by atoms with Crippen LogP contribution in [-0.2, 0) is 12.8 Å². The van der Waals surface area contributed by atoms with Crippen LogP contribution in [0.15, 0.2) is 48.5 Å². The summed E-state index contributed by atoms with van der Waals surface area (Å²) in [7, 11) is 3.41. The summed E-state index contributed by atoms with van der Waals surface area (Å²) < 4.78 is 42.4. The van der Waals surface area contributed by atoms with Gasteiger partial charge in [0.1, 0.15) is 22.7 Å². The summed E-state index contributed by atoms with van der Waals surface area (Å²) >= 11 is 0. The van der Waals surface area contributed by atoms with Crippen LogP contribution in [0.1, 0.15) is 123 Å². The third kappa shape index (κ3) is 5.23. The van der Waals surface area contributed by atoms with Crippen LogP contribution < -0.4 is 9.47 Å². The standard InChI is InChI=1S/C48H52F2O4/c1-45-21-17-37-35-13-9-33(53-3)27-31(35)7-11-39(37)41(45)19-25-47(45,51)23-15-29-5-6-30(44(50)43(29)49)16-24-48(52)26-20-42-40-12-8-32-28-34(54-4)10-14-36(32)38(40)18-22-46(42,48)2/h5-6,9-10,13-14,27-28,37-42,51-52H,7-8,11-12,17-22,25-26H2,1-4H3/t37-,38-,39-,40-,41+,42+,45+,46+,47+,48+/m1/s1. The van der Waals surface area contributed by atoms with E-state index >= 15 is 8.78 Å². The molecule has 6 aliphatic carbocycles. The molecule has 6 aliphatic rings. The van der Waals surface area contributed by atoms with E-state index in [9.17, 15) is 10.2 Å². The number of rotatable bonds is 2. The van der Waals surface area contributed by atoms with Crippen molar-refractivity contribution < 1.29 is 28.5 Å². The summed E-state index contributed by atoms with van der Waals surface area (Å²) in [5.74, 6) is 14.0. The minimum Gasteiger partial charge on any atom is -0.497 e. The number of benzene rings is 3. The molecule has 0 heterocycles. The molecule has 0 amide bonds. The lowest BCUT2D eigenvalue weighted by Crippen LogP contribution is -2.50. The number of ether oxygens (including phenoxy) is 2. The van der Waals surface area contributed by atoms with Crippen molar-refractivity contribution in [1.29, 1.82) is 0 Å². The summed E-state index contributed by atoms with van der Waals surface area (Å²) in [6, 6.07) is 15.9. The molecule has 4 nitrogen and oxygen atoms in total. The Morgan fingerprint density at radius 1 is 0.593 bits per heavy atom. The normalized spacial score (nSPS) is 37.1. The van der Waals surface area contributed by atoms with E-state index in [0.717, 1.165) is 75.7 Å². The van der Waals surface area contributed by atoms with Gasteiger partial charge in [0, 0.05) is 10.8 Å². The lowest BCUT2D eigenvalue weighted by atomic mass is 9.53. The van der Waals surface area contributed by atoms with Gasteiger partial charge in [-0.05, 0) is 171 Å². The summed E-state index contributed by atoms with van der Waals surface area (Å²) in [6.07, 6.45) is 10.5. The lowest BCUT2D eigenvalue weighted by molar-refractivity contribution is -0.0648. The predicted octanol–water partition coefficient (Wildman–Crippen LogP) is 9.26. The van der Waals surface area contributed by atoms with E-state index in [1.165, 1.54) is 34.4 Å². The average molecular weight is 731 g/mol. The Labute approximate surface area is 319 Å². The van der Waals surface area contributed by atoms with Crippen LogP contribution in [-0.4, -0.2) is 35.6 Å². The van der Waals surface area contributed by atoms with Crippen molar-refractivity contribution >= 4 is 0 Å². The molecule has 2 N–H and O–H groups in total. The summed E-state index contributed by atoms with van der Waals surface area (Å²) in [5, 5.41) is 24.2. The van der Waals surface area contributed by atoms with Crippen LogP contribution in [0, 0.1) is 69.8 Å². The Kier molecular flexibility index (Phi) is 8.53. The Hall–Kier alpha value is -3.84. The van der Waals surface area contributed by atoms with Crippen LogP contribution in [0.25, 0.3) is 0 Å². The lowest BCUT2D eigenvalue weighted by Gasteiger charge is -2.52. The zero-order chi connectivity index (χ0) is 37.6. The molecule has 282 valence electrons. The van der Waals surface area contributed by atoms with Crippen molar-refractivity contribution in [3.63, 3.8) is 0 Å². The minimum atomic E-state index is -1.28. The first-order valence-corrected chi connectivity index (χ1v) is 20.2. The van der Waals surface area contributed by atoms with Gasteiger partial charge in [-0.15, -0.1) is 0 Å². The molecule has 4 fully saturated rings. The Morgan fingerprint density at radius 3 is 1.43 bits per heavy atom. The van der Waals surface area contributed by atoms with Gasteiger partial charge in [0.25, 0.3) is 0 Å². The van der Waals surface area contributed by atoms with E-state index in [0.29, 0.717) is 48.3 Å². The number of aliphatic hydroxyl groups is 2. The maximum Gasteiger partial charge on any atom is 0.175 e. The molecule has 10 atom stereocenters. The molecule has 3 aromatic rings. The molecule has 54 heavy (non-hydrogen) atoms. The number of halogens is 2. The molecule has 0 spiro atoms. The summed E-state index contributed by atoms with van der Waals surface area (Å²) in [4.78, 5) is 0.